The fraction of sp³-hybridized carbons (Fsp3) is 0. The van der Waals surface area contributed by atoms with Gasteiger partial charge in [0.1, 0.15) is 5.69 Å². The maximum Gasteiger partial charge on any atom is 0.287 e. The van der Waals surface area contributed by atoms with E-state index in [2.05, 4.69) is 21.0 Å². The summed E-state index contributed by atoms with van der Waals surface area (Å²) < 4.78 is 0. The number of aromatic nitrogens is 2. The Morgan fingerprint density at radius 1 is 0.917 bits per heavy atom. The number of nitrogens with zero attached hydrogens (tertiary/aromatic N) is 1. The molecule has 7 heteroatoms. The van der Waals surface area contributed by atoms with E-state index in [9.17, 15) is 9.59 Å². The lowest BCUT2D eigenvalue weighted by Crippen LogP contribution is -2.41. The number of halogens is 1. The minimum atomic E-state index is -0.494. The van der Waals surface area contributed by atoms with Gasteiger partial charge in [0, 0.05) is 16.1 Å². The second-order valence-corrected chi connectivity index (χ2v) is 5.38. The highest BCUT2D eigenvalue weighted by atomic mass is 35.5. The van der Waals surface area contributed by atoms with Crippen LogP contribution < -0.4 is 10.9 Å². The van der Waals surface area contributed by atoms with Gasteiger partial charge in [0.2, 0.25) is 0 Å². The van der Waals surface area contributed by atoms with E-state index < -0.39 is 11.8 Å². The van der Waals surface area contributed by atoms with Crippen LogP contribution in [0.5, 0.6) is 0 Å². The lowest BCUT2D eigenvalue weighted by molar-refractivity contribution is 0.0844. The minimum absolute atomic E-state index is 0.241. The average Bonchev–Trinajstić information content (AvgIpc) is 3.11. The standard InChI is InChI=1S/C17H13ClN4O2/c18-13-8-6-12(7-9-13)16(23)21-22-17(24)15-10-14(19-20-15)11-4-2-1-3-5-11/h1-10H,(H,19,20)(H,21,23)(H,22,24). The summed E-state index contributed by atoms with van der Waals surface area (Å²) >= 11 is 5.76. The first-order chi connectivity index (χ1) is 11.6. The number of H-pyrrole nitrogens is 1. The van der Waals surface area contributed by atoms with Gasteiger partial charge in [0.25, 0.3) is 11.8 Å². The molecule has 0 saturated heterocycles. The van der Waals surface area contributed by atoms with E-state index in [0.29, 0.717) is 16.3 Å². The van der Waals surface area contributed by atoms with Gasteiger partial charge < -0.3 is 0 Å². The van der Waals surface area contributed by atoms with Gasteiger partial charge in [-0.05, 0) is 30.3 Å². The SMILES string of the molecule is O=C(NNC(=O)c1cc(-c2ccccc2)n[nH]1)c1ccc(Cl)cc1. The minimum Gasteiger partial charge on any atom is -0.272 e. The highest BCUT2D eigenvalue weighted by molar-refractivity contribution is 6.30. The van der Waals surface area contributed by atoms with E-state index in [0.717, 1.165) is 5.56 Å². The molecule has 0 unspecified atom stereocenters. The highest BCUT2D eigenvalue weighted by Crippen LogP contribution is 2.16. The van der Waals surface area contributed by atoms with E-state index in [4.69, 9.17) is 11.6 Å². The van der Waals surface area contributed by atoms with Crippen LogP contribution >= 0.6 is 11.6 Å². The average molecular weight is 341 g/mol. The monoisotopic (exact) mass is 340 g/mol. The fourth-order valence-corrected chi connectivity index (χ4v) is 2.18. The number of nitrogens with one attached hydrogen (secondary N) is 3. The molecule has 120 valence electrons. The summed E-state index contributed by atoms with van der Waals surface area (Å²) in [6, 6.07) is 17.4. The number of benzene rings is 2. The van der Waals surface area contributed by atoms with Gasteiger partial charge in [-0.2, -0.15) is 5.10 Å². The van der Waals surface area contributed by atoms with Crippen LogP contribution in [-0.4, -0.2) is 22.0 Å². The predicted octanol–water partition coefficient (Wildman–Crippen LogP) is 2.80. The van der Waals surface area contributed by atoms with Crippen LogP contribution in [0.3, 0.4) is 0 Å². The summed E-state index contributed by atoms with van der Waals surface area (Å²) in [6.07, 6.45) is 0. The molecule has 0 atom stereocenters. The summed E-state index contributed by atoms with van der Waals surface area (Å²) in [7, 11) is 0. The summed E-state index contributed by atoms with van der Waals surface area (Å²) in [4.78, 5) is 24.0. The second kappa shape index (κ2) is 6.97. The molecule has 3 N–H and O–H groups in total. The molecule has 24 heavy (non-hydrogen) atoms. The molecule has 3 rings (SSSR count). The third-order valence-corrected chi connectivity index (χ3v) is 3.54. The first kappa shape index (κ1) is 15.8. The largest absolute Gasteiger partial charge is 0.287 e. The number of hydrazine groups is 1. The molecule has 0 saturated carbocycles. The van der Waals surface area contributed by atoms with Crippen molar-refractivity contribution in [3.05, 3.63) is 76.9 Å². The Bertz CT molecular complexity index is 860. The molecule has 0 aliphatic rings. The van der Waals surface area contributed by atoms with Crippen molar-refractivity contribution >= 4 is 23.4 Å². The Labute approximate surface area is 142 Å². The summed E-state index contributed by atoms with van der Waals surface area (Å²) in [6.45, 7) is 0. The van der Waals surface area contributed by atoms with E-state index >= 15 is 0 Å². The van der Waals surface area contributed by atoms with Gasteiger partial charge in [-0.15, -0.1) is 0 Å². The van der Waals surface area contributed by atoms with Crippen LogP contribution in [0.2, 0.25) is 5.02 Å². The molecule has 3 aromatic rings. The van der Waals surface area contributed by atoms with Crippen LogP contribution in [0.15, 0.2) is 60.7 Å². The van der Waals surface area contributed by atoms with Crippen molar-refractivity contribution in [1.82, 2.24) is 21.0 Å². The van der Waals surface area contributed by atoms with Gasteiger partial charge in [0.15, 0.2) is 0 Å². The molecule has 2 amide bonds. The van der Waals surface area contributed by atoms with Gasteiger partial charge in [-0.3, -0.25) is 25.5 Å². The Morgan fingerprint density at radius 2 is 1.58 bits per heavy atom. The molecule has 0 bridgehead atoms. The Morgan fingerprint density at radius 3 is 2.29 bits per heavy atom. The van der Waals surface area contributed by atoms with Crippen LogP contribution in [-0.2, 0) is 0 Å². The van der Waals surface area contributed by atoms with E-state index in [1.807, 2.05) is 30.3 Å². The summed E-state index contributed by atoms with van der Waals surface area (Å²) in [5.41, 5.74) is 6.83. The Kier molecular flexibility index (Phi) is 4.58. The number of amides is 2. The zero-order valence-electron chi connectivity index (χ0n) is 12.4. The van der Waals surface area contributed by atoms with Crippen molar-refractivity contribution < 1.29 is 9.59 Å². The molecular weight excluding hydrogens is 328 g/mol. The molecule has 2 aromatic carbocycles. The number of aromatic amines is 1. The second-order valence-electron chi connectivity index (χ2n) is 4.95. The molecule has 1 heterocycles. The number of carbonyl (C=O) groups excluding carboxylic acids is 2. The van der Waals surface area contributed by atoms with E-state index in [1.54, 1.807) is 30.3 Å². The lowest BCUT2D eigenvalue weighted by Gasteiger charge is -2.06. The van der Waals surface area contributed by atoms with Crippen LogP contribution in [0.4, 0.5) is 0 Å². The fourth-order valence-electron chi connectivity index (χ4n) is 2.05. The van der Waals surface area contributed by atoms with Gasteiger partial charge in [-0.1, -0.05) is 41.9 Å². The van der Waals surface area contributed by atoms with Crippen molar-refractivity contribution in [2.24, 2.45) is 0 Å². The highest BCUT2D eigenvalue weighted by Gasteiger charge is 2.12. The Hall–Kier alpha value is -3.12. The number of hydrogen-bond donors (Lipinski definition) is 3. The van der Waals surface area contributed by atoms with Crippen molar-refractivity contribution in [2.45, 2.75) is 0 Å². The van der Waals surface area contributed by atoms with Crippen molar-refractivity contribution in [3.63, 3.8) is 0 Å². The maximum atomic E-state index is 12.1. The normalized spacial score (nSPS) is 10.2. The molecule has 0 radical (unpaired) electrons. The zero-order chi connectivity index (χ0) is 16.9. The molecule has 1 aromatic heterocycles. The van der Waals surface area contributed by atoms with E-state index in [-0.39, 0.29) is 5.69 Å². The van der Waals surface area contributed by atoms with Crippen molar-refractivity contribution in [2.75, 3.05) is 0 Å². The maximum absolute atomic E-state index is 12.1. The summed E-state index contributed by atoms with van der Waals surface area (Å²) in [5, 5.41) is 7.26. The van der Waals surface area contributed by atoms with Crippen molar-refractivity contribution in [3.8, 4) is 11.3 Å². The van der Waals surface area contributed by atoms with Gasteiger partial charge in [-0.25, -0.2) is 0 Å². The van der Waals surface area contributed by atoms with Crippen molar-refractivity contribution in [1.29, 1.82) is 0 Å². The molecular formula is C17H13ClN4O2. The lowest BCUT2D eigenvalue weighted by atomic mass is 10.1. The first-order valence-corrected chi connectivity index (χ1v) is 7.48. The molecule has 0 spiro atoms. The smallest absolute Gasteiger partial charge is 0.272 e. The predicted molar refractivity (Wildman–Crippen MR) is 90.4 cm³/mol. The van der Waals surface area contributed by atoms with Crippen LogP contribution in [0, 0.1) is 0 Å². The zero-order valence-corrected chi connectivity index (χ0v) is 13.2. The molecule has 6 nitrogen and oxygen atoms in total. The number of rotatable bonds is 3. The van der Waals surface area contributed by atoms with E-state index in [1.165, 1.54) is 0 Å². The topological polar surface area (TPSA) is 86.9 Å². The molecule has 0 fully saturated rings. The van der Waals surface area contributed by atoms with Crippen LogP contribution in [0.1, 0.15) is 20.8 Å². The van der Waals surface area contributed by atoms with Gasteiger partial charge in [0.05, 0.1) is 5.69 Å². The first-order valence-electron chi connectivity index (χ1n) is 7.10. The molecule has 0 aliphatic carbocycles. The van der Waals surface area contributed by atoms with Crippen LogP contribution in [0.25, 0.3) is 11.3 Å². The van der Waals surface area contributed by atoms with Gasteiger partial charge >= 0.3 is 0 Å². The quantitative estimate of drug-likeness (QED) is 0.641. The third kappa shape index (κ3) is 3.61. The third-order valence-electron chi connectivity index (χ3n) is 3.29. The number of hydrogen-bond acceptors (Lipinski definition) is 3. The molecule has 0 aliphatic heterocycles. The Balaban J connectivity index is 1.62. The summed E-state index contributed by atoms with van der Waals surface area (Å²) in [5.74, 6) is -0.935. The number of carbonyl (C=O) groups is 2.